The number of hydrogen-bond acceptors (Lipinski definition) is 0. The molecule has 1 aliphatic carbocycles. The van der Waals surface area contributed by atoms with E-state index >= 15 is 0 Å². The maximum absolute atomic E-state index is 11.8. The fourth-order valence-electron chi connectivity index (χ4n) is 3.54. The van der Waals surface area contributed by atoms with E-state index in [0.29, 0.717) is 0 Å². The van der Waals surface area contributed by atoms with Crippen LogP contribution in [0.2, 0.25) is 0 Å². The topological polar surface area (TPSA) is 19.9 Å². The lowest BCUT2D eigenvalue weighted by molar-refractivity contribution is 0.0688. The molecule has 125 valence electrons. The van der Waals surface area contributed by atoms with Gasteiger partial charge in [0.2, 0.25) is 0 Å². The van der Waals surface area contributed by atoms with Crippen molar-refractivity contribution >= 4 is 0 Å². The van der Waals surface area contributed by atoms with Crippen LogP contribution < -0.4 is 0 Å². The minimum Gasteiger partial charge on any atom is -0.233 e. The van der Waals surface area contributed by atoms with E-state index in [4.69, 9.17) is 0 Å². The van der Waals surface area contributed by atoms with Crippen LogP contribution in [0.15, 0.2) is 0 Å². The predicted octanol–water partition coefficient (Wildman–Crippen LogP) is 7.21. The van der Waals surface area contributed by atoms with Crippen molar-refractivity contribution in [2.45, 2.75) is 128 Å². The van der Waals surface area contributed by atoms with Crippen molar-refractivity contribution in [3.05, 3.63) is 0 Å². The van der Waals surface area contributed by atoms with E-state index < -0.39 is 0 Å². The Hall–Kier alpha value is -0.0400. The van der Waals surface area contributed by atoms with E-state index in [0.717, 1.165) is 12.8 Å². The number of hydrogen-bond donors (Lipinski definition) is 0. The Morgan fingerprint density at radius 1 is 0.333 bits per heavy atom. The summed E-state index contributed by atoms with van der Waals surface area (Å²) in [5, 5.41) is 11.8. The van der Waals surface area contributed by atoms with Crippen LogP contribution in [0.5, 0.6) is 0 Å². The minimum absolute atomic E-state index is 0.268. The second-order valence-electron chi connectivity index (χ2n) is 7.21. The van der Waals surface area contributed by atoms with Gasteiger partial charge in [-0.15, -0.1) is 0 Å². The van der Waals surface area contributed by atoms with Crippen LogP contribution in [0.25, 0.3) is 0 Å². The quantitative estimate of drug-likeness (QED) is 0.450. The van der Waals surface area contributed by atoms with E-state index in [-0.39, 0.29) is 6.10 Å². The zero-order valence-corrected chi connectivity index (χ0v) is 14.4. The fraction of sp³-hybridized carbons (Fsp3) is 1.00. The van der Waals surface area contributed by atoms with Gasteiger partial charge in [0.25, 0.3) is 0 Å². The SMILES string of the molecule is [O]C1CCCCCCCCCCCCCCCCCCC1. The molecule has 1 radical (unpaired) electrons. The summed E-state index contributed by atoms with van der Waals surface area (Å²) in [5.74, 6) is 0. The molecule has 0 heterocycles. The van der Waals surface area contributed by atoms with Crippen molar-refractivity contribution in [2.75, 3.05) is 0 Å². The maximum atomic E-state index is 11.8. The van der Waals surface area contributed by atoms with E-state index in [1.54, 1.807) is 0 Å². The summed E-state index contributed by atoms with van der Waals surface area (Å²) in [6, 6.07) is 0. The Kier molecular flexibility index (Phi) is 13.5. The molecule has 0 spiro atoms. The largest absolute Gasteiger partial charge is 0.233 e. The van der Waals surface area contributed by atoms with Gasteiger partial charge in [-0.2, -0.15) is 0 Å². The molecule has 1 aliphatic rings. The highest BCUT2D eigenvalue weighted by atomic mass is 16.3. The van der Waals surface area contributed by atoms with E-state index in [2.05, 4.69) is 0 Å². The zero-order chi connectivity index (χ0) is 15.0. The lowest BCUT2D eigenvalue weighted by Gasteiger charge is -2.09. The van der Waals surface area contributed by atoms with Crippen molar-refractivity contribution < 1.29 is 5.11 Å². The molecule has 0 aromatic carbocycles. The summed E-state index contributed by atoms with van der Waals surface area (Å²) in [4.78, 5) is 0. The van der Waals surface area contributed by atoms with Gasteiger partial charge in [0, 0.05) is 0 Å². The molecule has 1 nitrogen and oxygen atoms in total. The summed E-state index contributed by atoms with van der Waals surface area (Å²) >= 11 is 0. The third kappa shape index (κ3) is 13.4. The first-order valence-electron chi connectivity index (χ1n) is 10.1. The average molecular weight is 296 g/mol. The molecule has 1 fully saturated rings. The molecule has 0 unspecified atom stereocenters. The third-order valence-electron chi connectivity index (χ3n) is 5.05. The van der Waals surface area contributed by atoms with Gasteiger partial charge in [-0.3, -0.25) is 0 Å². The Morgan fingerprint density at radius 2 is 0.524 bits per heavy atom. The van der Waals surface area contributed by atoms with Crippen molar-refractivity contribution in [3.8, 4) is 0 Å². The fourth-order valence-corrected chi connectivity index (χ4v) is 3.54. The van der Waals surface area contributed by atoms with E-state index in [9.17, 15) is 5.11 Å². The Labute approximate surface area is 133 Å². The van der Waals surface area contributed by atoms with Gasteiger partial charge in [0.1, 0.15) is 0 Å². The summed E-state index contributed by atoms with van der Waals surface area (Å²) in [5.41, 5.74) is 0. The molecule has 0 amide bonds. The van der Waals surface area contributed by atoms with Crippen LogP contribution in [0.4, 0.5) is 0 Å². The van der Waals surface area contributed by atoms with Gasteiger partial charge in [0.05, 0.1) is 6.10 Å². The molecular weight excluding hydrogens is 256 g/mol. The Morgan fingerprint density at radius 3 is 0.762 bits per heavy atom. The molecule has 0 aliphatic heterocycles. The first-order valence-corrected chi connectivity index (χ1v) is 10.1. The molecule has 0 aromatic heterocycles. The standard InChI is InChI=1S/C20H39O/c21-20-18-16-14-12-10-8-6-4-2-1-3-5-7-9-11-13-15-17-19-20/h20H,1-19H2. The lowest BCUT2D eigenvalue weighted by Crippen LogP contribution is -2.04. The highest BCUT2D eigenvalue weighted by Crippen LogP contribution is 2.17. The normalized spacial score (nSPS) is 24.4. The zero-order valence-electron chi connectivity index (χ0n) is 14.4. The first kappa shape index (κ1) is 19.0. The average Bonchev–Trinajstić information content (AvgIpc) is 2.48. The van der Waals surface area contributed by atoms with Crippen LogP contribution >= 0.6 is 0 Å². The highest BCUT2D eigenvalue weighted by Gasteiger charge is 2.05. The first-order chi connectivity index (χ1) is 10.4. The smallest absolute Gasteiger partial charge is 0.0930 e. The van der Waals surface area contributed by atoms with Crippen LogP contribution in [0.3, 0.4) is 0 Å². The van der Waals surface area contributed by atoms with Gasteiger partial charge >= 0.3 is 0 Å². The second kappa shape index (κ2) is 14.9. The predicted molar refractivity (Wildman–Crippen MR) is 92.2 cm³/mol. The van der Waals surface area contributed by atoms with E-state index in [1.807, 2.05) is 0 Å². The molecule has 1 rings (SSSR count). The summed E-state index contributed by atoms with van der Waals surface area (Å²) in [6.45, 7) is 0. The maximum Gasteiger partial charge on any atom is 0.0930 e. The van der Waals surface area contributed by atoms with E-state index in [1.165, 1.54) is 109 Å². The number of rotatable bonds is 0. The van der Waals surface area contributed by atoms with Crippen LogP contribution in [0.1, 0.15) is 122 Å². The second-order valence-corrected chi connectivity index (χ2v) is 7.21. The van der Waals surface area contributed by atoms with Gasteiger partial charge in [-0.1, -0.05) is 109 Å². The van der Waals surface area contributed by atoms with Crippen LogP contribution in [-0.4, -0.2) is 6.10 Å². The van der Waals surface area contributed by atoms with Gasteiger partial charge in [-0.05, 0) is 12.8 Å². The van der Waals surface area contributed by atoms with Crippen molar-refractivity contribution in [3.63, 3.8) is 0 Å². The summed E-state index contributed by atoms with van der Waals surface area (Å²) < 4.78 is 0. The van der Waals surface area contributed by atoms with Gasteiger partial charge in [-0.25, -0.2) is 5.11 Å². The molecule has 0 N–H and O–H groups in total. The van der Waals surface area contributed by atoms with Gasteiger partial charge < -0.3 is 0 Å². The molecule has 21 heavy (non-hydrogen) atoms. The molecule has 0 aromatic rings. The third-order valence-corrected chi connectivity index (χ3v) is 5.05. The molecule has 0 saturated heterocycles. The highest BCUT2D eigenvalue weighted by molar-refractivity contribution is 4.58. The van der Waals surface area contributed by atoms with Crippen molar-refractivity contribution in [1.29, 1.82) is 0 Å². The molecule has 0 bridgehead atoms. The molecule has 1 saturated carbocycles. The monoisotopic (exact) mass is 295 g/mol. The van der Waals surface area contributed by atoms with Crippen LogP contribution in [0, 0.1) is 0 Å². The van der Waals surface area contributed by atoms with Crippen molar-refractivity contribution in [1.82, 2.24) is 0 Å². The minimum atomic E-state index is -0.268. The van der Waals surface area contributed by atoms with Gasteiger partial charge in [0.15, 0.2) is 0 Å². The molecule has 0 atom stereocenters. The Bertz CT molecular complexity index is 182. The van der Waals surface area contributed by atoms with Crippen LogP contribution in [-0.2, 0) is 5.11 Å². The lowest BCUT2D eigenvalue weighted by atomic mass is 10.0. The molecule has 1 heteroatoms. The summed E-state index contributed by atoms with van der Waals surface area (Å²) in [6.07, 6.45) is 25.0. The Balaban J connectivity index is 2.08. The van der Waals surface area contributed by atoms with Crippen molar-refractivity contribution in [2.24, 2.45) is 0 Å². The molecular formula is C20H39O. The summed E-state index contributed by atoms with van der Waals surface area (Å²) in [7, 11) is 0.